The Morgan fingerprint density at radius 2 is 2.00 bits per heavy atom. The molecule has 2 aliphatic rings. The van der Waals surface area contributed by atoms with Gasteiger partial charge in [0.05, 0.1) is 12.1 Å². The minimum atomic E-state index is -0.184. The van der Waals surface area contributed by atoms with Crippen LogP contribution in [0.1, 0.15) is 51.9 Å². The van der Waals surface area contributed by atoms with Gasteiger partial charge in [-0.3, -0.25) is 0 Å². The Bertz CT molecular complexity index is 256. The summed E-state index contributed by atoms with van der Waals surface area (Å²) in [6, 6.07) is 0.349. The molecule has 2 amide bonds. The Morgan fingerprint density at radius 3 is 2.65 bits per heavy atom. The second-order valence-electron chi connectivity index (χ2n) is 5.65. The van der Waals surface area contributed by atoms with E-state index in [2.05, 4.69) is 17.6 Å². The smallest absolute Gasteiger partial charge is 0.315 e. The average molecular weight is 240 g/mol. The van der Waals surface area contributed by atoms with Crippen molar-refractivity contribution in [1.29, 1.82) is 0 Å². The lowest BCUT2D eigenvalue weighted by Gasteiger charge is -2.35. The van der Waals surface area contributed by atoms with Gasteiger partial charge in [-0.1, -0.05) is 19.3 Å². The van der Waals surface area contributed by atoms with Crippen molar-refractivity contribution in [3.8, 4) is 0 Å². The highest BCUT2D eigenvalue weighted by Gasteiger charge is 2.29. The number of amides is 2. The maximum absolute atomic E-state index is 11.9. The van der Waals surface area contributed by atoms with E-state index in [-0.39, 0.29) is 11.6 Å². The molecule has 0 aromatic rings. The number of carbonyl (C=O) groups excluding carboxylic acids is 1. The molecule has 2 N–H and O–H groups in total. The molecule has 0 aromatic heterocycles. The summed E-state index contributed by atoms with van der Waals surface area (Å²) < 4.78 is 5.43. The van der Waals surface area contributed by atoms with Crippen molar-refractivity contribution >= 4 is 6.03 Å². The number of carbonyl (C=O) groups is 1. The highest BCUT2D eigenvalue weighted by molar-refractivity contribution is 5.75. The molecule has 1 unspecified atom stereocenters. The van der Waals surface area contributed by atoms with Gasteiger partial charge in [0.1, 0.15) is 0 Å². The van der Waals surface area contributed by atoms with Gasteiger partial charge in [-0.25, -0.2) is 4.79 Å². The van der Waals surface area contributed by atoms with Gasteiger partial charge >= 0.3 is 6.03 Å². The number of ether oxygens (including phenoxy) is 1. The Hall–Kier alpha value is -0.770. The standard InChI is InChI=1S/C13H24N2O2/c1-13(8-5-9-17-10-13)15-12(16)14-11-6-3-2-4-7-11/h11H,2-10H2,1H3,(H2,14,15,16). The molecule has 2 rings (SSSR count). The van der Waals surface area contributed by atoms with E-state index in [4.69, 9.17) is 4.74 Å². The van der Waals surface area contributed by atoms with E-state index >= 15 is 0 Å². The first kappa shape index (κ1) is 12.7. The van der Waals surface area contributed by atoms with Crippen LogP contribution < -0.4 is 10.6 Å². The normalized spacial score (nSPS) is 30.9. The van der Waals surface area contributed by atoms with E-state index in [0.717, 1.165) is 32.3 Å². The molecule has 0 spiro atoms. The summed E-state index contributed by atoms with van der Waals surface area (Å²) in [5.41, 5.74) is -0.184. The number of nitrogens with one attached hydrogen (secondary N) is 2. The molecule has 0 bridgehead atoms. The van der Waals surface area contributed by atoms with E-state index in [1.807, 2.05) is 0 Å². The molecule has 1 atom stereocenters. The predicted octanol–water partition coefficient (Wildman–Crippen LogP) is 2.19. The first-order chi connectivity index (χ1) is 8.18. The Kier molecular flexibility index (Phi) is 4.26. The number of urea groups is 1. The molecule has 1 aliphatic heterocycles. The fourth-order valence-electron chi connectivity index (χ4n) is 2.78. The van der Waals surface area contributed by atoms with Crippen molar-refractivity contribution in [3.05, 3.63) is 0 Å². The second-order valence-corrected chi connectivity index (χ2v) is 5.65. The quantitative estimate of drug-likeness (QED) is 0.777. The molecule has 17 heavy (non-hydrogen) atoms. The van der Waals surface area contributed by atoms with Crippen LogP contribution in [0.25, 0.3) is 0 Å². The van der Waals surface area contributed by atoms with Crippen LogP contribution in [0.4, 0.5) is 4.79 Å². The molecule has 4 nitrogen and oxygen atoms in total. The lowest BCUT2D eigenvalue weighted by atomic mass is 9.94. The van der Waals surface area contributed by atoms with Crippen molar-refractivity contribution in [2.75, 3.05) is 13.2 Å². The van der Waals surface area contributed by atoms with Crippen LogP contribution in [0.5, 0.6) is 0 Å². The van der Waals surface area contributed by atoms with E-state index in [1.165, 1.54) is 19.3 Å². The number of rotatable bonds is 2. The first-order valence-corrected chi connectivity index (χ1v) is 6.84. The molecule has 1 heterocycles. The predicted molar refractivity (Wildman–Crippen MR) is 67.0 cm³/mol. The minimum absolute atomic E-state index is 0.0232. The lowest BCUT2D eigenvalue weighted by Crippen LogP contribution is -2.56. The molecule has 4 heteroatoms. The largest absolute Gasteiger partial charge is 0.379 e. The Morgan fingerprint density at radius 1 is 1.24 bits per heavy atom. The van der Waals surface area contributed by atoms with Gasteiger partial charge in [-0.15, -0.1) is 0 Å². The van der Waals surface area contributed by atoms with Gasteiger partial charge < -0.3 is 15.4 Å². The number of hydrogen-bond donors (Lipinski definition) is 2. The monoisotopic (exact) mass is 240 g/mol. The van der Waals surface area contributed by atoms with E-state index in [9.17, 15) is 4.79 Å². The Labute approximate surface area is 103 Å². The highest BCUT2D eigenvalue weighted by atomic mass is 16.5. The number of hydrogen-bond acceptors (Lipinski definition) is 2. The van der Waals surface area contributed by atoms with Gasteiger partial charge in [-0.2, -0.15) is 0 Å². The fraction of sp³-hybridized carbons (Fsp3) is 0.923. The molecule has 1 saturated heterocycles. The zero-order chi connectivity index (χ0) is 12.1. The van der Waals surface area contributed by atoms with Crippen molar-refractivity contribution in [3.63, 3.8) is 0 Å². The molecular weight excluding hydrogens is 216 g/mol. The first-order valence-electron chi connectivity index (χ1n) is 6.84. The van der Waals surface area contributed by atoms with Gasteiger partial charge in [0.2, 0.25) is 0 Å². The molecule has 1 saturated carbocycles. The lowest BCUT2D eigenvalue weighted by molar-refractivity contribution is 0.0331. The topological polar surface area (TPSA) is 50.4 Å². The second kappa shape index (κ2) is 5.71. The third-order valence-electron chi connectivity index (χ3n) is 3.79. The van der Waals surface area contributed by atoms with Crippen LogP contribution in [-0.4, -0.2) is 30.8 Å². The van der Waals surface area contributed by atoms with Crippen LogP contribution in [0.2, 0.25) is 0 Å². The van der Waals surface area contributed by atoms with Crippen molar-refractivity contribution < 1.29 is 9.53 Å². The maximum atomic E-state index is 11.9. The van der Waals surface area contributed by atoms with Crippen molar-refractivity contribution in [1.82, 2.24) is 10.6 Å². The molecular formula is C13H24N2O2. The highest BCUT2D eigenvalue weighted by Crippen LogP contribution is 2.19. The molecule has 1 aliphatic carbocycles. The molecule has 98 valence electrons. The van der Waals surface area contributed by atoms with Crippen LogP contribution in [0, 0.1) is 0 Å². The van der Waals surface area contributed by atoms with Gasteiger partial charge in [0, 0.05) is 12.6 Å². The summed E-state index contributed by atoms with van der Waals surface area (Å²) in [4.78, 5) is 11.9. The fourth-order valence-corrected chi connectivity index (χ4v) is 2.78. The van der Waals surface area contributed by atoms with E-state index in [0.29, 0.717) is 12.6 Å². The van der Waals surface area contributed by atoms with E-state index in [1.54, 1.807) is 0 Å². The summed E-state index contributed by atoms with van der Waals surface area (Å²) in [6.07, 6.45) is 8.08. The van der Waals surface area contributed by atoms with Gasteiger partial charge in [-0.05, 0) is 32.6 Å². The summed E-state index contributed by atoms with van der Waals surface area (Å²) in [6.45, 7) is 3.51. The van der Waals surface area contributed by atoms with E-state index < -0.39 is 0 Å². The zero-order valence-electron chi connectivity index (χ0n) is 10.8. The Balaban J connectivity index is 1.75. The maximum Gasteiger partial charge on any atom is 0.315 e. The summed E-state index contributed by atoms with van der Waals surface area (Å²) in [7, 11) is 0. The van der Waals surface area contributed by atoms with Crippen LogP contribution in [0.3, 0.4) is 0 Å². The third kappa shape index (κ3) is 3.87. The van der Waals surface area contributed by atoms with Crippen LogP contribution in [0.15, 0.2) is 0 Å². The van der Waals surface area contributed by atoms with Crippen LogP contribution in [-0.2, 0) is 4.74 Å². The summed E-state index contributed by atoms with van der Waals surface area (Å²) in [5.74, 6) is 0. The molecule has 0 radical (unpaired) electrons. The van der Waals surface area contributed by atoms with Gasteiger partial charge in [0.25, 0.3) is 0 Å². The summed E-state index contributed by atoms with van der Waals surface area (Å²) in [5, 5.41) is 6.15. The average Bonchev–Trinajstić information content (AvgIpc) is 2.30. The third-order valence-corrected chi connectivity index (χ3v) is 3.79. The molecule has 2 fully saturated rings. The SMILES string of the molecule is CC1(NC(=O)NC2CCCCC2)CCCOC1. The van der Waals surface area contributed by atoms with Gasteiger partial charge in [0.15, 0.2) is 0 Å². The van der Waals surface area contributed by atoms with Crippen molar-refractivity contribution in [2.45, 2.75) is 63.5 Å². The summed E-state index contributed by atoms with van der Waals surface area (Å²) >= 11 is 0. The minimum Gasteiger partial charge on any atom is -0.379 e. The van der Waals surface area contributed by atoms with Crippen molar-refractivity contribution in [2.24, 2.45) is 0 Å². The zero-order valence-corrected chi connectivity index (χ0v) is 10.8. The molecule has 0 aromatic carbocycles. The van der Waals surface area contributed by atoms with Crippen LogP contribution >= 0.6 is 0 Å².